The number of anilines is 2. The van der Waals surface area contributed by atoms with E-state index in [9.17, 15) is 19.2 Å². The highest BCUT2D eigenvalue weighted by atomic mass is 16.2. The van der Waals surface area contributed by atoms with Crippen molar-refractivity contribution in [3.8, 4) is 0 Å². The van der Waals surface area contributed by atoms with E-state index < -0.39 is 0 Å². The molecule has 8 heteroatoms. The molecule has 0 atom stereocenters. The molecule has 1 saturated heterocycles. The Morgan fingerprint density at radius 2 is 1.66 bits per heavy atom. The Hall–Kier alpha value is -3.68. The molecule has 0 aromatic heterocycles. The van der Waals surface area contributed by atoms with Crippen LogP contribution in [0.2, 0.25) is 0 Å². The number of benzene rings is 2. The maximum Gasteiger partial charge on any atom is 0.251 e. The fourth-order valence-electron chi connectivity index (χ4n) is 3.45. The maximum absolute atomic E-state index is 12.3. The molecule has 4 amide bonds. The molecule has 0 aliphatic carbocycles. The molecule has 0 spiro atoms. The van der Waals surface area contributed by atoms with Gasteiger partial charge >= 0.3 is 0 Å². The molecule has 2 aromatic carbocycles. The average molecular weight is 437 g/mol. The molecule has 0 unspecified atom stereocenters. The highest BCUT2D eigenvalue weighted by Gasteiger charge is 2.21. The molecule has 3 rings (SSSR count). The topological polar surface area (TPSA) is 108 Å². The number of carbonyl (C=O) groups is 4. The van der Waals surface area contributed by atoms with Gasteiger partial charge in [0.05, 0.1) is 13.0 Å². The Balaban J connectivity index is 1.45. The van der Waals surface area contributed by atoms with Gasteiger partial charge in [-0.25, -0.2) is 0 Å². The minimum atomic E-state index is -0.369. The van der Waals surface area contributed by atoms with Crippen LogP contribution in [0, 0.1) is 0 Å². The van der Waals surface area contributed by atoms with E-state index in [1.165, 1.54) is 0 Å². The number of hydrogen-bond donors (Lipinski definition) is 3. The fourth-order valence-corrected chi connectivity index (χ4v) is 3.45. The lowest BCUT2D eigenvalue weighted by molar-refractivity contribution is -0.121. The van der Waals surface area contributed by atoms with Gasteiger partial charge in [0.1, 0.15) is 0 Å². The molecule has 0 radical (unpaired) electrons. The molecule has 2 aromatic rings. The van der Waals surface area contributed by atoms with Crippen LogP contribution >= 0.6 is 0 Å². The molecule has 1 fully saturated rings. The van der Waals surface area contributed by atoms with Gasteiger partial charge in [0.25, 0.3) is 5.91 Å². The van der Waals surface area contributed by atoms with Crippen LogP contribution in [-0.4, -0.2) is 42.8 Å². The first-order valence-electron chi connectivity index (χ1n) is 10.7. The van der Waals surface area contributed by atoms with Crippen molar-refractivity contribution in [2.24, 2.45) is 0 Å². The molecule has 3 N–H and O–H groups in total. The molecule has 1 aliphatic rings. The number of hydrogen-bond acceptors (Lipinski definition) is 4. The van der Waals surface area contributed by atoms with Crippen molar-refractivity contribution in [1.29, 1.82) is 0 Å². The average Bonchev–Trinajstić information content (AvgIpc) is 3.19. The first-order chi connectivity index (χ1) is 15.3. The van der Waals surface area contributed by atoms with Crippen LogP contribution in [0.25, 0.3) is 0 Å². The van der Waals surface area contributed by atoms with Crippen molar-refractivity contribution < 1.29 is 19.2 Å². The van der Waals surface area contributed by atoms with Crippen LogP contribution in [0.1, 0.15) is 42.6 Å². The monoisotopic (exact) mass is 436 g/mol. The van der Waals surface area contributed by atoms with Gasteiger partial charge in [-0.3, -0.25) is 19.2 Å². The minimum absolute atomic E-state index is 0.0560. The van der Waals surface area contributed by atoms with E-state index in [0.29, 0.717) is 24.2 Å². The van der Waals surface area contributed by atoms with Crippen molar-refractivity contribution in [3.63, 3.8) is 0 Å². The van der Waals surface area contributed by atoms with Gasteiger partial charge in [-0.1, -0.05) is 12.1 Å². The molecular formula is C24H28N4O4. The summed E-state index contributed by atoms with van der Waals surface area (Å²) in [6.07, 6.45) is 1.66. The van der Waals surface area contributed by atoms with Crippen LogP contribution in [0.5, 0.6) is 0 Å². The number of nitrogens with one attached hydrogen (secondary N) is 3. The third-order valence-electron chi connectivity index (χ3n) is 4.98. The van der Waals surface area contributed by atoms with E-state index in [-0.39, 0.29) is 42.6 Å². The van der Waals surface area contributed by atoms with Crippen LogP contribution in [0.4, 0.5) is 11.4 Å². The molecule has 1 aliphatic heterocycles. The van der Waals surface area contributed by atoms with Crippen LogP contribution in [0.15, 0.2) is 48.5 Å². The predicted molar refractivity (Wildman–Crippen MR) is 122 cm³/mol. The van der Waals surface area contributed by atoms with Gasteiger partial charge in [-0.05, 0) is 62.2 Å². The second-order valence-corrected chi connectivity index (χ2v) is 8.02. The summed E-state index contributed by atoms with van der Waals surface area (Å²) in [5.74, 6) is -0.695. The van der Waals surface area contributed by atoms with Gasteiger partial charge < -0.3 is 20.9 Å². The van der Waals surface area contributed by atoms with Crippen molar-refractivity contribution in [1.82, 2.24) is 10.6 Å². The standard InChI is InChI=1S/C24H28N4O4/c1-16(2)26-21(29)14-17-5-9-19(10-6-17)27-22(30)15-25-24(32)18-7-11-20(12-8-18)28-13-3-4-23(28)31/h5-12,16H,3-4,13-15H2,1-2H3,(H,25,32)(H,26,29)(H,27,30). The van der Waals surface area contributed by atoms with Crippen molar-refractivity contribution in [2.45, 2.75) is 39.2 Å². The quantitative estimate of drug-likeness (QED) is 0.590. The van der Waals surface area contributed by atoms with E-state index in [4.69, 9.17) is 0 Å². The molecule has 168 valence electrons. The van der Waals surface area contributed by atoms with E-state index in [1.807, 2.05) is 13.8 Å². The molecule has 0 saturated carbocycles. The zero-order chi connectivity index (χ0) is 23.1. The second kappa shape index (κ2) is 10.6. The zero-order valence-corrected chi connectivity index (χ0v) is 18.3. The fraction of sp³-hybridized carbons (Fsp3) is 0.333. The summed E-state index contributed by atoms with van der Waals surface area (Å²) < 4.78 is 0. The lowest BCUT2D eigenvalue weighted by Gasteiger charge is -2.15. The lowest BCUT2D eigenvalue weighted by Crippen LogP contribution is -2.33. The number of rotatable bonds is 8. The Morgan fingerprint density at radius 1 is 0.969 bits per heavy atom. The van der Waals surface area contributed by atoms with Crippen molar-refractivity contribution in [2.75, 3.05) is 23.3 Å². The Kier molecular flexibility index (Phi) is 7.59. The number of nitrogens with zero attached hydrogens (tertiary/aromatic N) is 1. The Morgan fingerprint density at radius 3 is 2.25 bits per heavy atom. The number of carbonyl (C=O) groups excluding carboxylic acids is 4. The summed E-state index contributed by atoms with van der Waals surface area (Å²) in [6, 6.07) is 13.8. The highest BCUT2D eigenvalue weighted by Crippen LogP contribution is 2.21. The number of amides is 4. The van der Waals surface area contributed by atoms with Crippen molar-refractivity contribution >= 4 is 35.0 Å². The van der Waals surface area contributed by atoms with Gasteiger partial charge in [0, 0.05) is 35.9 Å². The first-order valence-corrected chi connectivity index (χ1v) is 10.7. The van der Waals surface area contributed by atoms with Crippen LogP contribution in [-0.2, 0) is 20.8 Å². The summed E-state index contributed by atoms with van der Waals surface area (Å²) in [5.41, 5.74) is 2.61. The molecule has 1 heterocycles. The summed E-state index contributed by atoms with van der Waals surface area (Å²) in [7, 11) is 0. The SMILES string of the molecule is CC(C)NC(=O)Cc1ccc(NC(=O)CNC(=O)c2ccc(N3CCCC3=O)cc2)cc1. The van der Waals surface area contributed by atoms with Gasteiger partial charge in [0.15, 0.2) is 0 Å². The Bertz CT molecular complexity index is 984. The zero-order valence-electron chi connectivity index (χ0n) is 18.3. The predicted octanol–water partition coefficient (Wildman–Crippen LogP) is 2.25. The largest absolute Gasteiger partial charge is 0.354 e. The molecule has 8 nitrogen and oxygen atoms in total. The highest BCUT2D eigenvalue weighted by molar-refractivity contribution is 6.00. The van der Waals surface area contributed by atoms with Crippen LogP contribution < -0.4 is 20.9 Å². The second-order valence-electron chi connectivity index (χ2n) is 8.02. The van der Waals surface area contributed by atoms with Gasteiger partial charge in [0.2, 0.25) is 17.7 Å². The Labute approximate surface area is 187 Å². The molecular weight excluding hydrogens is 408 g/mol. The smallest absolute Gasteiger partial charge is 0.251 e. The van der Waals surface area contributed by atoms with E-state index >= 15 is 0 Å². The van der Waals surface area contributed by atoms with Crippen molar-refractivity contribution in [3.05, 3.63) is 59.7 Å². The van der Waals surface area contributed by atoms with Gasteiger partial charge in [-0.15, -0.1) is 0 Å². The normalized spacial score (nSPS) is 13.2. The summed E-state index contributed by atoms with van der Waals surface area (Å²) in [5, 5.41) is 8.13. The van der Waals surface area contributed by atoms with E-state index in [0.717, 1.165) is 17.7 Å². The maximum atomic E-state index is 12.3. The van der Waals surface area contributed by atoms with E-state index in [2.05, 4.69) is 16.0 Å². The summed E-state index contributed by atoms with van der Waals surface area (Å²) in [6.45, 7) is 4.32. The molecule has 32 heavy (non-hydrogen) atoms. The third kappa shape index (κ3) is 6.41. The van der Waals surface area contributed by atoms with E-state index in [1.54, 1.807) is 53.4 Å². The molecule has 0 bridgehead atoms. The minimum Gasteiger partial charge on any atom is -0.354 e. The third-order valence-corrected chi connectivity index (χ3v) is 4.98. The summed E-state index contributed by atoms with van der Waals surface area (Å²) >= 11 is 0. The lowest BCUT2D eigenvalue weighted by atomic mass is 10.1. The first kappa shape index (κ1) is 23.0. The van der Waals surface area contributed by atoms with Gasteiger partial charge in [-0.2, -0.15) is 0 Å². The summed E-state index contributed by atoms with van der Waals surface area (Å²) in [4.78, 5) is 49.8. The van der Waals surface area contributed by atoms with Crippen LogP contribution in [0.3, 0.4) is 0 Å².